The summed E-state index contributed by atoms with van der Waals surface area (Å²) in [7, 11) is 14.0. The van der Waals surface area contributed by atoms with E-state index in [4.69, 9.17) is 14.2 Å². The maximum atomic E-state index is 14.1. The van der Waals surface area contributed by atoms with E-state index in [1.165, 1.54) is 16.0 Å². The van der Waals surface area contributed by atoms with Crippen LogP contribution in [-0.2, 0) is 27.8 Å². The SMILES string of the molecule is CNC(CCCCN(C)C)C(=O)CCc1cc(C(=O)NCP)ccc1N(C)C(=O)OC1=CC[C@H]2[C@H]3Cc4ccc(OC)c5c4[C@@]2(CCN3C)[C@H]1O5. The summed E-state index contributed by atoms with van der Waals surface area (Å²) in [4.78, 5) is 46.4. The Morgan fingerprint density at radius 2 is 1.96 bits per heavy atom. The van der Waals surface area contributed by atoms with Gasteiger partial charge in [0.2, 0.25) is 0 Å². The Bertz CT molecular complexity index is 1680. The Morgan fingerprint density at radius 1 is 1.16 bits per heavy atom. The van der Waals surface area contributed by atoms with Crippen molar-refractivity contribution in [2.45, 2.75) is 75.0 Å². The van der Waals surface area contributed by atoms with Gasteiger partial charge in [0.25, 0.3) is 5.91 Å². The fraction of sp³-hybridized carbons (Fsp3) is 0.564. The number of rotatable bonds is 15. The predicted octanol–water partition coefficient (Wildman–Crippen LogP) is 4.52. The molecule has 1 saturated heterocycles. The third-order valence-corrected chi connectivity index (χ3v) is 11.8. The number of hydrogen-bond donors (Lipinski definition) is 2. The zero-order chi connectivity index (χ0) is 36.4. The summed E-state index contributed by atoms with van der Waals surface area (Å²) in [5.41, 5.74) is 3.99. The Balaban J connectivity index is 1.23. The van der Waals surface area contributed by atoms with Crippen LogP contribution in [0.15, 0.2) is 42.2 Å². The van der Waals surface area contributed by atoms with E-state index in [1.807, 2.05) is 33.3 Å². The number of piperidine rings is 1. The molecule has 0 aromatic heterocycles. The van der Waals surface area contributed by atoms with Gasteiger partial charge in [-0.1, -0.05) is 12.5 Å². The lowest BCUT2D eigenvalue weighted by molar-refractivity contribution is -0.121. The Hall–Kier alpha value is -3.50. The molecule has 2 aromatic rings. The highest BCUT2D eigenvalue weighted by Crippen LogP contribution is 2.63. The van der Waals surface area contributed by atoms with Gasteiger partial charge in [-0.25, -0.2) is 4.79 Å². The highest BCUT2D eigenvalue weighted by molar-refractivity contribution is 7.16. The van der Waals surface area contributed by atoms with Gasteiger partial charge in [-0.05, 0) is 127 Å². The van der Waals surface area contributed by atoms with Gasteiger partial charge in [0, 0.05) is 48.0 Å². The van der Waals surface area contributed by atoms with Crippen molar-refractivity contribution in [3.8, 4) is 11.5 Å². The third kappa shape index (κ3) is 7.02. The molecule has 11 nitrogen and oxygen atoms in total. The number of nitrogens with one attached hydrogen (secondary N) is 2. The van der Waals surface area contributed by atoms with E-state index in [1.54, 1.807) is 32.4 Å². The van der Waals surface area contributed by atoms with Crippen LogP contribution in [0.1, 0.15) is 65.6 Å². The predicted molar refractivity (Wildman–Crippen MR) is 202 cm³/mol. The molecule has 1 fully saturated rings. The van der Waals surface area contributed by atoms with Crippen molar-refractivity contribution in [1.29, 1.82) is 0 Å². The van der Waals surface area contributed by atoms with Crippen molar-refractivity contribution < 1.29 is 28.6 Å². The standard InChI is InChI=1S/C39H54N5O6P/c1-40-28(9-7-8-19-42(2)3)31(45)15-11-24-21-26(37(46)41-23-51)10-14-29(24)44(5)38(47)49-33-17-13-27-30-22-25-12-16-32(48-6)35-34(25)39(27,36(33)50-35)18-20-43(30)4/h10,12,14,16-17,21,27-28,30,36,40H,7-9,11,13,15,18-20,22-23,51H2,1-6H3,(H,41,46)/t27-,28?,30+,36-,39-/m0/s1. The summed E-state index contributed by atoms with van der Waals surface area (Å²) in [5, 5.41) is 6.01. The molecule has 2 N–H and O–H groups in total. The van der Waals surface area contributed by atoms with Crippen molar-refractivity contribution in [3.63, 3.8) is 0 Å². The largest absolute Gasteiger partial charge is 0.493 e. The number of amides is 2. The monoisotopic (exact) mass is 719 g/mol. The van der Waals surface area contributed by atoms with Crippen LogP contribution in [0.4, 0.5) is 10.5 Å². The van der Waals surface area contributed by atoms with Crippen LogP contribution in [0, 0.1) is 5.92 Å². The van der Waals surface area contributed by atoms with Gasteiger partial charge < -0.3 is 34.6 Å². The first-order valence-electron chi connectivity index (χ1n) is 18.2. The number of aryl methyl sites for hydroxylation is 1. The second kappa shape index (κ2) is 15.6. The second-order valence-electron chi connectivity index (χ2n) is 14.7. The molecule has 1 spiro atoms. The minimum atomic E-state index is -0.549. The molecule has 6 atom stereocenters. The molecule has 51 heavy (non-hydrogen) atoms. The van der Waals surface area contributed by atoms with Gasteiger partial charge in [-0.2, -0.15) is 0 Å². The smallest absolute Gasteiger partial charge is 0.419 e. The van der Waals surface area contributed by atoms with Gasteiger partial charge in [0.1, 0.15) is 11.5 Å². The number of carbonyl (C=O) groups excluding carboxylic acids is 3. The highest BCUT2D eigenvalue weighted by Gasteiger charge is 2.65. The number of methoxy groups -OCH3 is 1. The molecule has 6 rings (SSSR count). The second-order valence-corrected chi connectivity index (χ2v) is 15.1. The van der Waals surface area contributed by atoms with E-state index in [-0.39, 0.29) is 29.6 Å². The molecular formula is C39H54N5O6P. The molecule has 2 bridgehead atoms. The highest BCUT2D eigenvalue weighted by atomic mass is 31.0. The summed E-state index contributed by atoms with van der Waals surface area (Å²) in [5.74, 6) is 2.22. The number of ketones is 1. The van der Waals surface area contributed by atoms with Crippen LogP contribution in [-0.4, -0.2) is 107 Å². The van der Waals surface area contributed by atoms with Gasteiger partial charge in [0.05, 0.1) is 13.2 Å². The van der Waals surface area contributed by atoms with Crippen molar-refractivity contribution in [2.24, 2.45) is 5.92 Å². The molecule has 0 radical (unpaired) electrons. The summed E-state index contributed by atoms with van der Waals surface area (Å²) < 4.78 is 18.8. The molecule has 0 saturated carbocycles. The van der Waals surface area contributed by atoms with Crippen LogP contribution in [0.5, 0.6) is 11.5 Å². The van der Waals surface area contributed by atoms with Crippen molar-refractivity contribution >= 4 is 32.7 Å². The van der Waals surface area contributed by atoms with Crippen LogP contribution in [0.3, 0.4) is 0 Å². The fourth-order valence-electron chi connectivity index (χ4n) is 8.96. The Labute approximate surface area is 304 Å². The number of likely N-dealkylation sites (tertiary alicyclic amines) is 1. The average Bonchev–Trinajstić information content (AvgIpc) is 3.48. The molecule has 2 amide bonds. The summed E-state index contributed by atoms with van der Waals surface area (Å²) in [6.07, 6.45) is 7.46. The minimum absolute atomic E-state index is 0.108. The van der Waals surface area contributed by atoms with Gasteiger partial charge in [-0.3, -0.25) is 14.5 Å². The lowest BCUT2D eigenvalue weighted by atomic mass is 9.53. The van der Waals surface area contributed by atoms with Crippen molar-refractivity contribution in [3.05, 3.63) is 64.4 Å². The van der Waals surface area contributed by atoms with Crippen molar-refractivity contribution in [2.75, 3.05) is 66.6 Å². The number of unbranched alkanes of at least 4 members (excludes halogenated alkanes) is 1. The lowest BCUT2D eigenvalue weighted by Crippen LogP contribution is -2.63. The van der Waals surface area contributed by atoms with Crippen LogP contribution in [0.2, 0.25) is 0 Å². The number of ether oxygens (including phenoxy) is 3. The normalized spacial score (nSPS) is 23.5. The van der Waals surface area contributed by atoms with E-state index >= 15 is 0 Å². The summed E-state index contributed by atoms with van der Waals surface area (Å²) in [6.45, 7) is 1.91. The molecule has 276 valence electrons. The Kier molecular flexibility index (Phi) is 11.4. The molecule has 4 aliphatic rings. The molecule has 2 unspecified atom stereocenters. The van der Waals surface area contributed by atoms with Crippen LogP contribution >= 0.6 is 9.24 Å². The first-order chi connectivity index (χ1) is 24.5. The van der Waals surface area contributed by atoms with Crippen molar-refractivity contribution in [1.82, 2.24) is 20.4 Å². The maximum Gasteiger partial charge on any atom is 0.419 e. The number of Topliss-reactive ketones (excluding diaryl/α,β-unsaturated/α-hetero) is 1. The number of carbonyl (C=O) groups is 3. The van der Waals surface area contributed by atoms with Gasteiger partial charge in [0.15, 0.2) is 17.6 Å². The number of nitrogens with zero attached hydrogens (tertiary/aromatic N) is 3. The Morgan fingerprint density at radius 3 is 2.69 bits per heavy atom. The topological polar surface area (TPSA) is 113 Å². The zero-order valence-corrected chi connectivity index (χ0v) is 32.1. The molecule has 2 aliphatic heterocycles. The molecule has 2 aliphatic carbocycles. The van der Waals surface area contributed by atoms with Crippen LogP contribution in [0.25, 0.3) is 0 Å². The van der Waals surface area contributed by atoms with Gasteiger partial charge >= 0.3 is 6.09 Å². The molecule has 12 heteroatoms. The number of likely N-dealkylation sites (N-methyl/N-ethyl adjacent to an activating group) is 2. The van der Waals surface area contributed by atoms with Crippen LogP contribution < -0.4 is 25.0 Å². The number of allylic oxidation sites excluding steroid dienone is 1. The lowest BCUT2D eigenvalue weighted by Gasteiger charge is -2.56. The summed E-state index contributed by atoms with van der Waals surface area (Å²) in [6, 6.07) is 9.53. The molecule has 2 heterocycles. The fourth-order valence-corrected chi connectivity index (χ4v) is 9.14. The first kappa shape index (κ1) is 37.3. The first-order valence-corrected chi connectivity index (χ1v) is 19.0. The van der Waals surface area contributed by atoms with Gasteiger partial charge in [-0.15, -0.1) is 9.24 Å². The number of anilines is 1. The van der Waals surface area contributed by atoms with E-state index in [0.29, 0.717) is 47.4 Å². The van der Waals surface area contributed by atoms with E-state index < -0.39 is 12.2 Å². The van der Waals surface area contributed by atoms with E-state index in [9.17, 15) is 14.4 Å². The maximum absolute atomic E-state index is 14.1. The van der Waals surface area contributed by atoms with E-state index in [2.05, 4.69) is 42.8 Å². The quantitative estimate of drug-likeness (QED) is 0.203. The third-order valence-electron chi connectivity index (χ3n) is 11.6. The molecular weight excluding hydrogens is 665 g/mol. The molecule has 2 aromatic carbocycles. The average molecular weight is 720 g/mol. The number of benzene rings is 2. The van der Waals surface area contributed by atoms with E-state index in [0.717, 1.165) is 62.9 Å². The minimum Gasteiger partial charge on any atom is -0.493 e. The number of hydrogen-bond acceptors (Lipinski definition) is 9. The summed E-state index contributed by atoms with van der Waals surface area (Å²) >= 11 is 0. The zero-order valence-electron chi connectivity index (χ0n) is 30.9.